The highest BCUT2D eigenvalue weighted by molar-refractivity contribution is 7.84. The van der Waals surface area contributed by atoms with Gasteiger partial charge in [0.05, 0.1) is 18.3 Å². The molecule has 1 aliphatic carbocycles. The molecule has 3 rings (SSSR count). The highest BCUT2D eigenvalue weighted by Gasteiger charge is 2.49. The molecule has 1 unspecified atom stereocenters. The van der Waals surface area contributed by atoms with Gasteiger partial charge in [-0.3, -0.25) is 14.0 Å². The van der Waals surface area contributed by atoms with Crippen molar-refractivity contribution >= 4 is 21.8 Å². The Balaban J connectivity index is 1.90. The summed E-state index contributed by atoms with van der Waals surface area (Å²) >= 11 is 0. The second kappa shape index (κ2) is 9.07. The number of nitrogens with one attached hydrogen (secondary N) is 1. The minimum absolute atomic E-state index is 0.135. The molecule has 0 saturated heterocycles. The number of carbonyl (C=O) groups excluding carboxylic acids is 1. The second-order valence-electron chi connectivity index (χ2n) is 10.8. The number of hydrogen-bond donors (Lipinski definition) is 3. The monoisotopic (exact) mass is 492 g/mol. The van der Waals surface area contributed by atoms with Crippen LogP contribution in [-0.4, -0.2) is 47.6 Å². The van der Waals surface area contributed by atoms with Gasteiger partial charge >= 0.3 is 10.3 Å². The van der Waals surface area contributed by atoms with Gasteiger partial charge in [0, 0.05) is 58.4 Å². The zero-order chi connectivity index (χ0) is 25.6. The normalized spacial score (nSPS) is 22.7. The van der Waals surface area contributed by atoms with Crippen molar-refractivity contribution in [2.75, 3.05) is 11.9 Å². The summed E-state index contributed by atoms with van der Waals surface area (Å²) in [5.74, 6) is -0.567. The van der Waals surface area contributed by atoms with Gasteiger partial charge in [0.25, 0.3) is 0 Å². The van der Waals surface area contributed by atoms with Crippen LogP contribution >= 0.6 is 0 Å². The molecular weight excluding hydrogens is 456 g/mol. The molecule has 0 radical (unpaired) electrons. The van der Waals surface area contributed by atoms with E-state index in [0.717, 1.165) is 11.3 Å². The first-order chi connectivity index (χ1) is 15.5. The Bertz CT molecular complexity index is 1180. The van der Waals surface area contributed by atoms with Gasteiger partial charge in [-0.1, -0.05) is 13.8 Å². The Hall–Kier alpha value is -2.27. The summed E-state index contributed by atoms with van der Waals surface area (Å²) in [7, 11) is -4.10. The maximum atomic E-state index is 13.6. The molecule has 2 aromatic heterocycles. The van der Waals surface area contributed by atoms with Crippen LogP contribution in [0.1, 0.15) is 68.2 Å². The average Bonchev–Trinajstić information content (AvgIpc) is 3.14. The van der Waals surface area contributed by atoms with E-state index in [1.807, 2.05) is 33.9 Å². The third kappa shape index (κ3) is 5.19. The third-order valence-electron chi connectivity index (χ3n) is 7.02. The van der Waals surface area contributed by atoms with Gasteiger partial charge in [0.15, 0.2) is 5.78 Å². The van der Waals surface area contributed by atoms with Crippen molar-refractivity contribution in [3.05, 3.63) is 47.0 Å². The standard InChI is InChI=1S/C24H36N4O5S/c1-14-15(2)28(23(3,4)5)12-18(14)21(29)17-11-26-9-8-19(17)27-20-10-16(13-33-34(25,31)32)22(30)24(20,6)7/h8-9,11-12,16,20,22,30H,10,13H2,1-7H3,(H,26,27)(H2,25,31,32)/t16?,20-,22-/m1/s1. The van der Waals surface area contributed by atoms with Crippen molar-refractivity contribution in [1.82, 2.24) is 9.55 Å². The number of pyridine rings is 1. The quantitative estimate of drug-likeness (QED) is 0.506. The predicted molar refractivity (Wildman–Crippen MR) is 131 cm³/mol. The fraction of sp³-hybridized carbons (Fsp3) is 0.583. The Kier molecular flexibility index (Phi) is 7.02. The van der Waals surface area contributed by atoms with E-state index in [-0.39, 0.29) is 24.0 Å². The molecule has 4 N–H and O–H groups in total. The number of aliphatic hydroxyl groups is 1. The maximum absolute atomic E-state index is 13.6. The van der Waals surface area contributed by atoms with E-state index < -0.39 is 27.7 Å². The van der Waals surface area contributed by atoms with E-state index in [1.54, 1.807) is 18.5 Å². The Morgan fingerprint density at radius 1 is 1.32 bits per heavy atom. The highest BCUT2D eigenvalue weighted by atomic mass is 32.2. The molecule has 2 heterocycles. The SMILES string of the molecule is Cc1c(C(=O)c2cnccc2N[C@@H]2CC(COS(N)(=O)=O)[C@@H](O)C2(C)C)cn(C(C)(C)C)c1C. The largest absolute Gasteiger partial charge is 0.392 e. The average molecular weight is 493 g/mol. The van der Waals surface area contributed by atoms with Crippen LogP contribution in [0, 0.1) is 25.2 Å². The molecule has 9 nitrogen and oxygen atoms in total. The number of aromatic nitrogens is 2. The number of ketones is 1. The summed E-state index contributed by atoms with van der Waals surface area (Å²) in [6.07, 6.45) is 4.68. The van der Waals surface area contributed by atoms with E-state index in [9.17, 15) is 18.3 Å². The third-order valence-corrected chi connectivity index (χ3v) is 7.49. The number of carbonyl (C=O) groups is 1. The first-order valence-corrected chi connectivity index (χ1v) is 12.8. The first kappa shape index (κ1) is 26.3. The molecule has 1 saturated carbocycles. The summed E-state index contributed by atoms with van der Waals surface area (Å²) in [6.45, 7) is 13.8. The van der Waals surface area contributed by atoms with Crippen molar-refractivity contribution in [1.29, 1.82) is 0 Å². The van der Waals surface area contributed by atoms with Gasteiger partial charge in [0.1, 0.15) is 0 Å². The van der Waals surface area contributed by atoms with Crippen molar-refractivity contribution < 1.29 is 22.5 Å². The van der Waals surface area contributed by atoms with Gasteiger partial charge in [-0.2, -0.15) is 8.42 Å². The predicted octanol–water partition coefficient (Wildman–Crippen LogP) is 2.89. The van der Waals surface area contributed by atoms with Crippen LogP contribution in [0.4, 0.5) is 5.69 Å². The maximum Gasteiger partial charge on any atom is 0.333 e. The summed E-state index contributed by atoms with van der Waals surface area (Å²) < 4.78 is 29.3. The smallest absolute Gasteiger partial charge is 0.333 e. The number of nitrogens with two attached hydrogens (primary N) is 1. The zero-order valence-electron chi connectivity index (χ0n) is 20.9. The molecule has 0 aliphatic heterocycles. The topological polar surface area (TPSA) is 137 Å². The molecule has 0 bridgehead atoms. The fourth-order valence-electron chi connectivity index (χ4n) is 4.79. The molecule has 188 valence electrons. The van der Waals surface area contributed by atoms with E-state index >= 15 is 0 Å². The molecule has 0 amide bonds. The summed E-state index contributed by atoms with van der Waals surface area (Å²) in [6, 6.07) is 1.50. The van der Waals surface area contributed by atoms with Crippen molar-refractivity contribution in [2.24, 2.45) is 16.5 Å². The number of nitrogens with zero attached hydrogens (tertiary/aromatic N) is 2. The van der Waals surface area contributed by atoms with Gasteiger partial charge in [-0.15, -0.1) is 0 Å². The number of hydrogen-bond acceptors (Lipinski definition) is 7. The molecule has 0 aromatic carbocycles. The molecule has 1 fully saturated rings. The Labute approximate surface area is 202 Å². The highest BCUT2D eigenvalue weighted by Crippen LogP contribution is 2.43. The van der Waals surface area contributed by atoms with Crippen molar-refractivity contribution in [2.45, 2.75) is 72.6 Å². The van der Waals surface area contributed by atoms with Crippen LogP contribution in [-0.2, 0) is 20.0 Å². The molecule has 1 aliphatic rings. The number of aliphatic hydroxyl groups excluding tert-OH is 1. The van der Waals surface area contributed by atoms with Crippen LogP contribution in [0.15, 0.2) is 24.7 Å². The van der Waals surface area contributed by atoms with Crippen molar-refractivity contribution in [3.8, 4) is 0 Å². The van der Waals surface area contributed by atoms with Crippen molar-refractivity contribution in [3.63, 3.8) is 0 Å². The summed E-state index contributed by atoms with van der Waals surface area (Å²) in [4.78, 5) is 17.8. The van der Waals surface area contributed by atoms with Gasteiger partial charge in [0.2, 0.25) is 0 Å². The summed E-state index contributed by atoms with van der Waals surface area (Å²) in [5.41, 5.74) is 2.84. The van der Waals surface area contributed by atoms with E-state index in [1.165, 1.54) is 0 Å². The number of anilines is 1. The Morgan fingerprint density at radius 2 is 1.97 bits per heavy atom. The van der Waals surface area contributed by atoms with Gasteiger partial charge in [-0.05, 0) is 52.7 Å². The van der Waals surface area contributed by atoms with E-state index in [4.69, 9.17) is 9.32 Å². The lowest BCUT2D eigenvalue weighted by Gasteiger charge is -2.32. The fourth-order valence-corrected chi connectivity index (χ4v) is 5.16. The van der Waals surface area contributed by atoms with Gasteiger partial charge < -0.3 is 15.0 Å². The van der Waals surface area contributed by atoms with Gasteiger partial charge in [-0.25, -0.2) is 5.14 Å². The Morgan fingerprint density at radius 3 is 2.53 bits per heavy atom. The molecule has 3 atom stereocenters. The molecular formula is C24H36N4O5S. The lowest BCUT2D eigenvalue weighted by Crippen LogP contribution is -2.39. The molecule has 10 heteroatoms. The van der Waals surface area contributed by atoms with Crippen LogP contribution in [0.5, 0.6) is 0 Å². The zero-order valence-corrected chi connectivity index (χ0v) is 21.7. The molecule has 2 aromatic rings. The minimum Gasteiger partial charge on any atom is -0.392 e. The molecule has 0 spiro atoms. The van der Waals surface area contributed by atoms with E-state index in [2.05, 4.69) is 35.6 Å². The van der Waals surface area contributed by atoms with Crippen LogP contribution < -0.4 is 10.5 Å². The van der Waals surface area contributed by atoms with Crippen LogP contribution in [0.2, 0.25) is 0 Å². The lowest BCUT2D eigenvalue weighted by molar-refractivity contribution is 0.0284. The van der Waals surface area contributed by atoms with Crippen LogP contribution in [0.25, 0.3) is 0 Å². The second-order valence-corrected chi connectivity index (χ2v) is 12.0. The number of rotatable bonds is 7. The first-order valence-electron chi connectivity index (χ1n) is 11.3. The lowest BCUT2D eigenvalue weighted by atomic mass is 9.84. The minimum atomic E-state index is -4.10. The van der Waals surface area contributed by atoms with E-state index in [0.29, 0.717) is 23.2 Å². The summed E-state index contributed by atoms with van der Waals surface area (Å²) in [5, 5.41) is 19.2. The van der Waals surface area contributed by atoms with Crippen LogP contribution in [0.3, 0.4) is 0 Å². The molecule has 34 heavy (non-hydrogen) atoms.